The van der Waals surface area contributed by atoms with Crippen molar-refractivity contribution < 1.29 is 14.5 Å². The Hall–Kier alpha value is -1.83. The monoisotopic (exact) mass is 359 g/mol. The largest absolute Gasteiger partial charge is 0.444 e. The lowest BCUT2D eigenvalue weighted by atomic mass is 10.2. The Morgan fingerprint density at radius 2 is 2.05 bits per heavy atom. The number of anilines is 1. The molecule has 0 spiro atoms. The Bertz CT molecular complexity index is 529. The highest BCUT2D eigenvalue weighted by Gasteiger charge is 2.15. The van der Waals surface area contributed by atoms with E-state index in [4.69, 9.17) is 4.74 Å². The molecule has 0 unspecified atom stereocenters. The summed E-state index contributed by atoms with van der Waals surface area (Å²) in [6.45, 7) is 6.21. The maximum atomic E-state index is 11.4. The Kier molecular flexibility index (Phi) is 5.95. The molecule has 0 atom stereocenters. The van der Waals surface area contributed by atoms with E-state index in [1.54, 1.807) is 26.8 Å². The average molecular weight is 360 g/mol. The SMILES string of the molecule is CC(C)(C)OC(=O)NCCNc1ccc([N+](=O)[O-])cc1Br. The number of nitro groups is 1. The zero-order valence-corrected chi connectivity index (χ0v) is 13.7. The van der Waals surface area contributed by atoms with E-state index >= 15 is 0 Å². The number of carbonyl (C=O) groups excluding carboxylic acids is 1. The standard InChI is InChI=1S/C13H18BrN3O4/c1-13(2,3)21-12(18)16-7-6-15-11-5-4-9(17(19)20)8-10(11)14/h4-5,8,15H,6-7H2,1-3H3,(H,16,18). The summed E-state index contributed by atoms with van der Waals surface area (Å²) < 4.78 is 5.69. The molecule has 8 heteroatoms. The fourth-order valence-electron chi connectivity index (χ4n) is 1.44. The molecule has 0 aromatic heterocycles. The van der Waals surface area contributed by atoms with Crippen LogP contribution >= 0.6 is 15.9 Å². The minimum Gasteiger partial charge on any atom is -0.444 e. The molecule has 1 amide bonds. The number of nitrogens with zero attached hydrogens (tertiary/aromatic N) is 1. The van der Waals surface area contributed by atoms with Crippen LogP contribution in [0.5, 0.6) is 0 Å². The summed E-state index contributed by atoms with van der Waals surface area (Å²) >= 11 is 3.26. The smallest absolute Gasteiger partial charge is 0.407 e. The van der Waals surface area contributed by atoms with Crippen molar-refractivity contribution >= 4 is 33.4 Å². The highest BCUT2D eigenvalue weighted by Crippen LogP contribution is 2.26. The van der Waals surface area contributed by atoms with Gasteiger partial charge in [-0.2, -0.15) is 0 Å². The topological polar surface area (TPSA) is 93.5 Å². The molecule has 0 aliphatic carbocycles. The van der Waals surface area contributed by atoms with Gasteiger partial charge in [0.25, 0.3) is 5.69 Å². The number of amides is 1. The molecule has 2 N–H and O–H groups in total. The van der Waals surface area contributed by atoms with Crippen molar-refractivity contribution in [2.24, 2.45) is 0 Å². The van der Waals surface area contributed by atoms with E-state index in [1.165, 1.54) is 12.1 Å². The van der Waals surface area contributed by atoms with Crippen LogP contribution in [0.15, 0.2) is 22.7 Å². The zero-order chi connectivity index (χ0) is 16.0. The highest BCUT2D eigenvalue weighted by molar-refractivity contribution is 9.10. The molecule has 0 bridgehead atoms. The van der Waals surface area contributed by atoms with Gasteiger partial charge in [0.2, 0.25) is 0 Å². The van der Waals surface area contributed by atoms with E-state index in [2.05, 4.69) is 26.6 Å². The average Bonchev–Trinajstić information content (AvgIpc) is 2.33. The molecule has 21 heavy (non-hydrogen) atoms. The van der Waals surface area contributed by atoms with E-state index < -0.39 is 16.6 Å². The lowest BCUT2D eigenvalue weighted by Crippen LogP contribution is -2.35. The van der Waals surface area contributed by atoms with Gasteiger partial charge in [0.05, 0.1) is 4.92 Å². The first-order valence-electron chi connectivity index (χ1n) is 6.34. The number of carbonyl (C=O) groups is 1. The lowest BCUT2D eigenvalue weighted by molar-refractivity contribution is -0.384. The minimum absolute atomic E-state index is 0.0132. The van der Waals surface area contributed by atoms with Crippen molar-refractivity contribution in [2.75, 3.05) is 18.4 Å². The highest BCUT2D eigenvalue weighted by atomic mass is 79.9. The van der Waals surface area contributed by atoms with Gasteiger partial charge in [0.15, 0.2) is 0 Å². The van der Waals surface area contributed by atoms with Crippen molar-refractivity contribution in [3.8, 4) is 0 Å². The van der Waals surface area contributed by atoms with Crippen molar-refractivity contribution in [2.45, 2.75) is 26.4 Å². The van der Waals surface area contributed by atoms with Gasteiger partial charge in [-0.25, -0.2) is 4.79 Å². The molecule has 116 valence electrons. The van der Waals surface area contributed by atoms with Crippen LogP contribution in [-0.2, 0) is 4.74 Å². The fourth-order valence-corrected chi connectivity index (χ4v) is 1.94. The second-order valence-electron chi connectivity index (χ2n) is 5.28. The molecular formula is C13H18BrN3O4. The summed E-state index contributed by atoms with van der Waals surface area (Å²) in [4.78, 5) is 21.6. The van der Waals surface area contributed by atoms with Crippen LogP contribution in [0.4, 0.5) is 16.2 Å². The van der Waals surface area contributed by atoms with Crippen LogP contribution in [0.3, 0.4) is 0 Å². The summed E-state index contributed by atoms with van der Waals surface area (Å²) in [5.74, 6) is 0. The molecule has 1 aromatic carbocycles. The number of ether oxygens (including phenoxy) is 1. The number of hydrogen-bond donors (Lipinski definition) is 2. The van der Waals surface area contributed by atoms with Gasteiger partial charge < -0.3 is 15.4 Å². The predicted molar refractivity (Wildman–Crippen MR) is 83.5 cm³/mol. The first-order chi connectivity index (χ1) is 9.69. The van der Waals surface area contributed by atoms with Crippen LogP contribution < -0.4 is 10.6 Å². The molecule has 7 nitrogen and oxygen atoms in total. The van der Waals surface area contributed by atoms with Crippen molar-refractivity contribution in [3.05, 3.63) is 32.8 Å². The number of nitro benzene ring substituents is 1. The maximum Gasteiger partial charge on any atom is 0.407 e. The second-order valence-corrected chi connectivity index (χ2v) is 6.13. The third-order valence-electron chi connectivity index (χ3n) is 2.27. The minimum atomic E-state index is -0.529. The number of non-ortho nitro benzene ring substituents is 1. The number of nitrogens with one attached hydrogen (secondary N) is 2. The van der Waals surface area contributed by atoms with Crippen LogP contribution in [0, 0.1) is 10.1 Å². The summed E-state index contributed by atoms with van der Waals surface area (Å²) in [6.07, 6.45) is -0.480. The Morgan fingerprint density at radius 1 is 1.38 bits per heavy atom. The lowest BCUT2D eigenvalue weighted by Gasteiger charge is -2.19. The van der Waals surface area contributed by atoms with E-state index in [0.29, 0.717) is 23.2 Å². The molecule has 0 saturated carbocycles. The number of rotatable bonds is 5. The Balaban J connectivity index is 2.40. The van der Waals surface area contributed by atoms with Crippen LogP contribution in [0.25, 0.3) is 0 Å². The first kappa shape index (κ1) is 17.2. The summed E-state index contributed by atoms with van der Waals surface area (Å²) in [6, 6.07) is 4.44. The van der Waals surface area contributed by atoms with Gasteiger partial charge in [-0.15, -0.1) is 0 Å². The number of alkyl carbamates (subject to hydrolysis) is 1. The molecule has 0 aliphatic heterocycles. The summed E-state index contributed by atoms with van der Waals surface area (Å²) in [7, 11) is 0. The van der Waals surface area contributed by atoms with E-state index in [-0.39, 0.29) is 5.69 Å². The molecule has 0 saturated heterocycles. The number of benzene rings is 1. The van der Waals surface area contributed by atoms with Gasteiger partial charge >= 0.3 is 6.09 Å². The molecule has 0 heterocycles. The first-order valence-corrected chi connectivity index (χ1v) is 7.13. The quantitative estimate of drug-likeness (QED) is 0.477. The summed E-state index contributed by atoms with van der Waals surface area (Å²) in [5.41, 5.74) is 0.199. The van der Waals surface area contributed by atoms with Gasteiger partial charge in [-0.3, -0.25) is 10.1 Å². The maximum absolute atomic E-state index is 11.4. The molecule has 1 aromatic rings. The van der Waals surface area contributed by atoms with Crippen molar-refractivity contribution in [1.82, 2.24) is 5.32 Å². The third-order valence-corrected chi connectivity index (χ3v) is 2.93. The van der Waals surface area contributed by atoms with Crippen molar-refractivity contribution in [3.63, 3.8) is 0 Å². The number of hydrogen-bond acceptors (Lipinski definition) is 5. The van der Waals surface area contributed by atoms with Gasteiger partial charge in [-0.1, -0.05) is 0 Å². The van der Waals surface area contributed by atoms with Crippen LogP contribution in [0.2, 0.25) is 0 Å². The van der Waals surface area contributed by atoms with Gasteiger partial charge in [-0.05, 0) is 42.8 Å². The van der Waals surface area contributed by atoms with E-state index in [1.807, 2.05) is 0 Å². The molecule has 0 radical (unpaired) electrons. The molecule has 0 fully saturated rings. The fraction of sp³-hybridized carbons (Fsp3) is 0.462. The normalized spacial score (nSPS) is 10.9. The van der Waals surface area contributed by atoms with Crippen LogP contribution in [-0.4, -0.2) is 29.7 Å². The van der Waals surface area contributed by atoms with E-state index in [0.717, 1.165) is 0 Å². The molecular weight excluding hydrogens is 342 g/mol. The third kappa shape index (κ3) is 6.44. The van der Waals surface area contributed by atoms with Crippen LogP contribution in [0.1, 0.15) is 20.8 Å². The zero-order valence-electron chi connectivity index (χ0n) is 12.1. The van der Waals surface area contributed by atoms with Gasteiger partial charge in [0.1, 0.15) is 5.60 Å². The Labute approximate surface area is 131 Å². The predicted octanol–water partition coefficient (Wildman–Crippen LogP) is 3.29. The van der Waals surface area contributed by atoms with Crippen molar-refractivity contribution in [1.29, 1.82) is 0 Å². The van der Waals surface area contributed by atoms with Gasteiger partial charge in [0, 0.05) is 35.4 Å². The number of halogens is 1. The molecule has 0 aliphatic rings. The molecule has 1 rings (SSSR count). The summed E-state index contributed by atoms with van der Waals surface area (Å²) in [5, 5.41) is 16.3. The Morgan fingerprint density at radius 3 is 2.57 bits per heavy atom. The van der Waals surface area contributed by atoms with E-state index in [9.17, 15) is 14.9 Å². The second kappa shape index (κ2) is 7.26.